The van der Waals surface area contributed by atoms with Crippen LogP contribution in [0.1, 0.15) is 10.4 Å². The summed E-state index contributed by atoms with van der Waals surface area (Å²) >= 11 is 5.31. The molecule has 0 fully saturated rings. The summed E-state index contributed by atoms with van der Waals surface area (Å²) in [7, 11) is 2.07. The highest BCUT2D eigenvalue weighted by Crippen LogP contribution is 2.28. The Hall–Kier alpha value is -0.840. The molecule has 90 valence electrons. The maximum Gasteiger partial charge on any atom is 0.0682 e. The minimum absolute atomic E-state index is 0.0769. The first-order valence-electron chi connectivity index (χ1n) is 5.33. The average molecular weight is 312 g/mol. The minimum atomic E-state index is 0.0769. The van der Waals surface area contributed by atoms with Crippen LogP contribution in [0.3, 0.4) is 0 Å². The molecule has 2 aromatic rings. The second-order valence-electron chi connectivity index (χ2n) is 3.88. The van der Waals surface area contributed by atoms with E-state index in [0.717, 1.165) is 22.3 Å². The van der Waals surface area contributed by atoms with Crippen molar-refractivity contribution in [3.05, 3.63) is 50.6 Å². The van der Waals surface area contributed by atoms with Gasteiger partial charge in [-0.25, -0.2) is 0 Å². The summed E-state index contributed by atoms with van der Waals surface area (Å²) in [6.07, 6.45) is 0. The molecule has 1 heterocycles. The summed E-state index contributed by atoms with van der Waals surface area (Å²) in [6.45, 7) is 0.974. The van der Waals surface area contributed by atoms with Crippen molar-refractivity contribution in [2.24, 2.45) is 0 Å². The van der Waals surface area contributed by atoms with E-state index in [0.29, 0.717) is 0 Å². The molecule has 0 aliphatic heterocycles. The Bertz CT molecular complexity index is 484. The fraction of sp³-hybridized carbons (Fsp3) is 0.231. The number of thiophene rings is 1. The van der Waals surface area contributed by atoms with Crippen molar-refractivity contribution in [3.8, 4) is 0 Å². The Kier molecular flexibility index (Phi) is 4.20. The van der Waals surface area contributed by atoms with Crippen molar-refractivity contribution >= 4 is 33.0 Å². The van der Waals surface area contributed by atoms with Gasteiger partial charge in [0, 0.05) is 16.4 Å². The summed E-state index contributed by atoms with van der Waals surface area (Å²) in [5, 5.41) is 11.2. The number of anilines is 1. The zero-order valence-corrected chi connectivity index (χ0v) is 12.0. The highest BCUT2D eigenvalue weighted by molar-refractivity contribution is 9.10. The number of rotatable bonds is 4. The van der Waals surface area contributed by atoms with E-state index in [1.807, 2.05) is 18.2 Å². The Morgan fingerprint density at radius 3 is 2.76 bits per heavy atom. The van der Waals surface area contributed by atoms with E-state index >= 15 is 0 Å². The fourth-order valence-electron chi connectivity index (χ4n) is 1.68. The SMILES string of the molecule is CN(Cc1cccs1)c1ccc(CO)cc1Br. The van der Waals surface area contributed by atoms with E-state index in [1.54, 1.807) is 11.3 Å². The van der Waals surface area contributed by atoms with Crippen molar-refractivity contribution in [3.63, 3.8) is 0 Å². The standard InChI is InChI=1S/C13H14BrNOS/c1-15(8-11-3-2-6-17-11)13-5-4-10(9-16)7-12(13)14/h2-7,16H,8-9H2,1H3. The molecule has 0 unspecified atom stereocenters. The van der Waals surface area contributed by atoms with E-state index in [4.69, 9.17) is 5.11 Å². The van der Waals surface area contributed by atoms with E-state index in [1.165, 1.54) is 4.88 Å². The number of nitrogens with zero attached hydrogens (tertiary/aromatic N) is 1. The normalized spacial score (nSPS) is 10.5. The first-order chi connectivity index (χ1) is 8.20. The number of halogens is 1. The summed E-state index contributed by atoms with van der Waals surface area (Å²) < 4.78 is 1.02. The van der Waals surface area contributed by atoms with Crippen LogP contribution in [0.4, 0.5) is 5.69 Å². The second kappa shape index (κ2) is 5.67. The molecular weight excluding hydrogens is 298 g/mol. The lowest BCUT2D eigenvalue weighted by Crippen LogP contribution is -2.16. The number of hydrogen-bond acceptors (Lipinski definition) is 3. The molecule has 1 N–H and O–H groups in total. The second-order valence-corrected chi connectivity index (χ2v) is 5.77. The topological polar surface area (TPSA) is 23.5 Å². The Morgan fingerprint density at radius 2 is 2.18 bits per heavy atom. The van der Waals surface area contributed by atoms with Crippen molar-refractivity contribution in [1.82, 2.24) is 0 Å². The van der Waals surface area contributed by atoms with E-state index < -0.39 is 0 Å². The molecule has 0 aliphatic carbocycles. The van der Waals surface area contributed by atoms with Gasteiger partial charge in [-0.2, -0.15) is 0 Å². The Morgan fingerprint density at radius 1 is 1.35 bits per heavy atom. The van der Waals surface area contributed by atoms with Gasteiger partial charge in [-0.3, -0.25) is 0 Å². The largest absolute Gasteiger partial charge is 0.392 e. The van der Waals surface area contributed by atoms with Crippen LogP contribution in [0.2, 0.25) is 0 Å². The molecule has 4 heteroatoms. The monoisotopic (exact) mass is 311 g/mol. The molecule has 0 aliphatic rings. The third-order valence-electron chi connectivity index (χ3n) is 2.58. The van der Waals surface area contributed by atoms with E-state index in [2.05, 4.69) is 45.4 Å². The maximum atomic E-state index is 9.07. The van der Waals surface area contributed by atoms with Crippen LogP contribution < -0.4 is 4.90 Å². The number of aliphatic hydroxyl groups is 1. The maximum absolute atomic E-state index is 9.07. The molecular formula is C13H14BrNOS. The highest BCUT2D eigenvalue weighted by Gasteiger charge is 2.07. The number of benzene rings is 1. The van der Waals surface area contributed by atoms with Gasteiger partial charge in [0.15, 0.2) is 0 Å². The molecule has 2 rings (SSSR count). The zero-order valence-electron chi connectivity index (χ0n) is 9.56. The third kappa shape index (κ3) is 3.09. The molecule has 1 aromatic heterocycles. The van der Waals surface area contributed by atoms with Gasteiger partial charge in [0.2, 0.25) is 0 Å². The van der Waals surface area contributed by atoms with Gasteiger partial charge in [0.05, 0.1) is 18.8 Å². The average Bonchev–Trinajstić information content (AvgIpc) is 2.81. The Labute approximate surface area is 114 Å². The van der Waals surface area contributed by atoms with Gasteiger partial charge in [-0.05, 0) is 45.1 Å². The lowest BCUT2D eigenvalue weighted by atomic mass is 10.2. The van der Waals surface area contributed by atoms with Gasteiger partial charge in [-0.1, -0.05) is 12.1 Å². The lowest BCUT2D eigenvalue weighted by molar-refractivity contribution is 0.282. The van der Waals surface area contributed by atoms with Gasteiger partial charge >= 0.3 is 0 Å². The number of hydrogen-bond donors (Lipinski definition) is 1. The summed E-state index contributed by atoms with van der Waals surface area (Å²) in [4.78, 5) is 3.53. The molecule has 1 aromatic carbocycles. The summed E-state index contributed by atoms with van der Waals surface area (Å²) in [5.74, 6) is 0. The van der Waals surface area contributed by atoms with E-state index in [-0.39, 0.29) is 6.61 Å². The van der Waals surface area contributed by atoms with Crippen LogP contribution in [-0.4, -0.2) is 12.2 Å². The predicted molar refractivity (Wildman–Crippen MR) is 76.5 cm³/mol. The van der Waals surface area contributed by atoms with Crippen molar-refractivity contribution < 1.29 is 5.11 Å². The molecule has 0 radical (unpaired) electrons. The van der Waals surface area contributed by atoms with Gasteiger partial charge in [0.25, 0.3) is 0 Å². The van der Waals surface area contributed by atoms with Crippen molar-refractivity contribution in [1.29, 1.82) is 0 Å². The van der Waals surface area contributed by atoms with Gasteiger partial charge in [0.1, 0.15) is 0 Å². The smallest absolute Gasteiger partial charge is 0.0682 e. The molecule has 0 saturated carbocycles. The first-order valence-corrected chi connectivity index (χ1v) is 7.01. The first kappa shape index (κ1) is 12.6. The molecule has 17 heavy (non-hydrogen) atoms. The van der Waals surface area contributed by atoms with Crippen molar-refractivity contribution in [2.45, 2.75) is 13.2 Å². The van der Waals surface area contributed by atoms with Gasteiger partial charge < -0.3 is 10.0 Å². The van der Waals surface area contributed by atoms with Gasteiger partial charge in [-0.15, -0.1) is 11.3 Å². The quantitative estimate of drug-likeness (QED) is 0.932. The third-order valence-corrected chi connectivity index (χ3v) is 4.08. The van der Waals surface area contributed by atoms with Crippen LogP contribution in [0.5, 0.6) is 0 Å². The predicted octanol–water partition coefficient (Wildman–Crippen LogP) is 3.64. The Balaban J connectivity index is 2.16. The molecule has 0 saturated heterocycles. The molecule has 0 atom stereocenters. The molecule has 0 spiro atoms. The van der Waals surface area contributed by atoms with E-state index in [9.17, 15) is 0 Å². The number of aliphatic hydroxyl groups excluding tert-OH is 1. The molecule has 0 bridgehead atoms. The summed E-state index contributed by atoms with van der Waals surface area (Å²) in [6, 6.07) is 10.1. The fourth-order valence-corrected chi connectivity index (χ4v) is 3.17. The van der Waals surface area contributed by atoms with Crippen LogP contribution in [-0.2, 0) is 13.2 Å². The van der Waals surface area contributed by atoms with Crippen molar-refractivity contribution in [2.75, 3.05) is 11.9 Å². The summed E-state index contributed by atoms with van der Waals surface area (Å²) in [5.41, 5.74) is 2.06. The lowest BCUT2D eigenvalue weighted by Gasteiger charge is -2.20. The van der Waals surface area contributed by atoms with Crippen LogP contribution in [0, 0.1) is 0 Å². The zero-order chi connectivity index (χ0) is 12.3. The minimum Gasteiger partial charge on any atom is -0.392 e. The van der Waals surface area contributed by atoms with Crippen LogP contribution in [0.15, 0.2) is 40.2 Å². The van der Waals surface area contributed by atoms with Crippen LogP contribution in [0.25, 0.3) is 0 Å². The highest BCUT2D eigenvalue weighted by atomic mass is 79.9. The molecule has 0 amide bonds. The molecule has 2 nitrogen and oxygen atoms in total. The van der Waals surface area contributed by atoms with Crippen LogP contribution >= 0.6 is 27.3 Å².